The molecule has 2 rings (SSSR count). The second-order valence-corrected chi connectivity index (χ2v) is 6.26. The predicted molar refractivity (Wildman–Crippen MR) is 93.5 cm³/mol. The van der Waals surface area contributed by atoms with Gasteiger partial charge in [-0.2, -0.15) is 0 Å². The van der Waals surface area contributed by atoms with Gasteiger partial charge >= 0.3 is 0 Å². The Balaban J connectivity index is 2.27. The van der Waals surface area contributed by atoms with Gasteiger partial charge in [0.1, 0.15) is 5.75 Å². The van der Waals surface area contributed by atoms with E-state index in [0.717, 1.165) is 15.8 Å². The number of rotatable bonds is 4. The van der Waals surface area contributed by atoms with E-state index in [2.05, 4.69) is 47.2 Å². The van der Waals surface area contributed by atoms with E-state index in [-0.39, 0.29) is 6.10 Å². The molecule has 4 heteroatoms. The van der Waals surface area contributed by atoms with Crippen LogP contribution in [0, 0.1) is 13.8 Å². The summed E-state index contributed by atoms with van der Waals surface area (Å²) in [5.74, 6) is 0.709. The van der Waals surface area contributed by atoms with Gasteiger partial charge in [0.05, 0.1) is 11.8 Å². The van der Waals surface area contributed by atoms with E-state index in [9.17, 15) is 0 Å². The first-order chi connectivity index (χ1) is 9.86. The van der Waals surface area contributed by atoms with Crippen molar-refractivity contribution in [2.24, 2.45) is 0 Å². The molecule has 21 heavy (non-hydrogen) atoms. The molecule has 0 heterocycles. The highest BCUT2D eigenvalue weighted by molar-refractivity contribution is 9.10. The smallest absolute Gasteiger partial charge is 0.144 e. The first kappa shape index (κ1) is 15.7. The van der Waals surface area contributed by atoms with Crippen molar-refractivity contribution in [3.8, 4) is 5.75 Å². The molecule has 0 saturated heterocycles. The molecular formula is C17H21BrN2O. The zero-order chi connectivity index (χ0) is 15.6. The van der Waals surface area contributed by atoms with Crippen LogP contribution in [0.4, 0.5) is 17.1 Å². The van der Waals surface area contributed by atoms with Crippen molar-refractivity contribution >= 4 is 33.0 Å². The molecule has 3 N–H and O–H groups in total. The highest BCUT2D eigenvalue weighted by Crippen LogP contribution is 2.30. The van der Waals surface area contributed by atoms with Gasteiger partial charge < -0.3 is 15.8 Å². The summed E-state index contributed by atoms with van der Waals surface area (Å²) >= 11 is 3.58. The van der Waals surface area contributed by atoms with Crippen molar-refractivity contribution in [3.63, 3.8) is 0 Å². The molecule has 2 aromatic carbocycles. The molecule has 2 aromatic rings. The molecular weight excluding hydrogens is 328 g/mol. The maximum absolute atomic E-state index is 5.94. The second kappa shape index (κ2) is 6.39. The number of ether oxygens (including phenoxy) is 1. The van der Waals surface area contributed by atoms with Crippen molar-refractivity contribution in [2.75, 3.05) is 11.1 Å². The van der Waals surface area contributed by atoms with Gasteiger partial charge in [0.25, 0.3) is 0 Å². The minimum absolute atomic E-state index is 0.0970. The number of aryl methyl sites for hydroxylation is 2. The van der Waals surface area contributed by atoms with Crippen LogP contribution in [-0.4, -0.2) is 6.10 Å². The molecule has 0 atom stereocenters. The average Bonchev–Trinajstić information content (AvgIpc) is 2.39. The molecule has 0 amide bonds. The summed E-state index contributed by atoms with van der Waals surface area (Å²) in [5.41, 5.74) is 11.0. The quantitative estimate of drug-likeness (QED) is 0.748. The molecule has 0 unspecified atom stereocenters. The van der Waals surface area contributed by atoms with Crippen LogP contribution < -0.4 is 15.8 Å². The maximum Gasteiger partial charge on any atom is 0.144 e. The molecule has 0 aliphatic rings. The standard InChI is InChI=1S/C17H21BrN2O/c1-10(2)21-16-9-13(5-6-15(16)19)20-14-7-11(3)17(18)12(4)8-14/h5-10,20H,19H2,1-4H3. The highest BCUT2D eigenvalue weighted by Gasteiger charge is 2.06. The molecule has 0 saturated carbocycles. The Labute approximate surface area is 134 Å². The number of hydrogen-bond acceptors (Lipinski definition) is 3. The number of nitrogens with two attached hydrogens (primary N) is 1. The lowest BCUT2D eigenvalue weighted by atomic mass is 10.1. The van der Waals surface area contributed by atoms with Gasteiger partial charge in [-0.05, 0) is 63.1 Å². The van der Waals surface area contributed by atoms with Crippen molar-refractivity contribution in [2.45, 2.75) is 33.8 Å². The molecule has 0 aliphatic heterocycles. The average molecular weight is 349 g/mol. The van der Waals surface area contributed by atoms with Crippen molar-refractivity contribution in [3.05, 3.63) is 45.9 Å². The Hall–Kier alpha value is -1.68. The van der Waals surface area contributed by atoms with Crippen LogP contribution in [0.25, 0.3) is 0 Å². The molecule has 0 radical (unpaired) electrons. The number of hydrogen-bond donors (Lipinski definition) is 2. The zero-order valence-electron chi connectivity index (χ0n) is 12.8. The molecule has 0 fully saturated rings. The van der Waals surface area contributed by atoms with Gasteiger partial charge in [0.2, 0.25) is 0 Å². The number of halogens is 1. The zero-order valence-corrected chi connectivity index (χ0v) is 14.4. The monoisotopic (exact) mass is 348 g/mol. The molecule has 0 bridgehead atoms. The summed E-state index contributed by atoms with van der Waals surface area (Å²) in [4.78, 5) is 0. The van der Waals surface area contributed by atoms with E-state index in [1.165, 1.54) is 11.1 Å². The van der Waals surface area contributed by atoms with Gasteiger partial charge in [0.15, 0.2) is 0 Å². The third kappa shape index (κ3) is 3.91. The largest absolute Gasteiger partial charge is 0.489 e. The van der Waals surface area contributed by atoms with Gasteiger partial charge in [0, 0.05) is 21.9 Å². The Kier molecular flexibility index (Phi) is 4.78. The molecule has 0 aromatic heterocycles. The van der Waals surface area contributed by atoms with Crippen LogP contribution in [0.2, 0.25) is 0 Å². The highest BCUT2D eigenvalue weighted by atomic mass is 79.9. The van der Waals surface area contributed by atoms with E-state index in [0.29, 0.717) is 11.4 Å². The molecule has 0 aliphatic carbocycles. The topological polar surface area (TPSA) is 47.3 Å². The Morgan fingerprint density at radius 2 is 1.67 bits per heavy atom. The summed E-state index contributed by atoms with van der Waals surface area (Å²) in [6.45, 7) is 8.14. The number of nitrogens with one attached hydrogen (secondary N) is 1. The first-order valence-electron chi connectivity index (χ1n) is 6.96. The Morgan fingerprint density at radius 1 is 1.05 bits per heavy atom. The van der Waals surface area contributed by atoms with Gasteiger partial charge in [-0.3, -0.25) is 0 Å². The summed E-state index contributed by atoms with van der Waals surface area (Å²) in [7, 11) is 0. The first-order valence-corrected chi connectivity index (χ1v) is 7.76. The Bertz CT molecular complexity index is 630. The fourth-order valence-corrected chi connectivity index (χ4v) is 2.38. The van der Waals surface area contributed by atoms with Crippen molar-refractivity contribution in [1.82, 2.24) is 0 Å². The third-order valence-electron chi connectivity index (χ3n) is 3.10. The van der Waals surface area contributed by atoms with Crippen LogP contribution in [0.5, 0.6) is 5.75 Å². The van der Waals surface area contributed by atoms with E-state index >= 15 is 0 Å². The lowest BCUT2D eigenvalue weighted by molar-refractivity contribution is 0.244. The van der Waals surface area contributed by atoms with E-state index in [4.69, 9.17) is 10.5 Å². The lowest BCUT2D eigenvalue weighted by Gasteiger charge is -2.15. The van der Waals surface area contributed by atoms with E-state index < -0.39 is 0 Å². The van der Waals surface area contributed by atoms with Crippen LogP contribution in [0.15, 0.2) is 34.8 Å². The normalized spacial score (nSPS) is 10.8. The van der Waals surface area contributed by atoms with Crippen LogP contribution >= 0.6 is 15.9 Å². The SMILES string of the molecule is Cc1cc(Nc2ccc(N)c(OC(C)C)c2)cc(C)c1Br. The second-order valence-electron chi connectivity index (χ2n) is 5.47. The lowest BCUT2D eigenvalue weighted by Crippen LogP contribution is -2.07. The predicted octanol–water partition coefficient (Wildman–Crippen LogP) is 5.18. The fourth-order valence-electron chi connectivity index (χ4n) is 2.15. The van der Waals surface area contributed by atoms with Crippen LogP contribution in [-0.2, 0) is 0 Å². The maximum atomic E-state index is 5.94. The fraction of sp³-hybridized carbons (Fsp3) is 0.294. The van der Waals surface area contributed by atoms with Crippen LogP contribution in [0.3, 0.4) is 0 Å². The number of nitrogen functional groups attached to an aromatic ring is 1. The minimum Gasteiger partial charge on any atom is -0.489 e. The number of anilines is 3. The van der Waals surface area contributed by atoms with Gasteiger partial charge in [-0.25, -0.2) is 0 Å². The van der Waals surface area contributed by atoms with Gasteiger partial charge in [-0.15, -0.1) is 0 Å². The third-order valence-corrected chi connectivity index (χ3v) is 4.35. The number of benzene rings is 2. The van der Waals surface area contributed by atoms with E-state index in [1.54, 1.807) is 0 Å². The Morgan fingerprint density at radius 3 is 2.24 bits per heavy atom. The summed E-state index contributed by atoms with van der Waals surface area (Å²) in [6, 6.07) is 9.96. The van der Waals surface area contributed by atoms with Crippen LogP contribution in [0.1, 0.15) is 25.0 Å². The summed E-state index contributed by atoms with van der Waals surface area (Å²) in [5, 5.41) is 3.40. The summed E-state index contributed by atoms with van der Waals surface area (Å²) in [6.07, 6.45) is 0.0970. The molecule has 112 valence electrons. The van der Waals surface area contributed by atoms with Crippen molar-refractivity contribution < 1.29 is 4.74 Å². The summed E-state index contributed by atoms with van der Waals surface area (Å²) < 4.78 is 6.86. The van der Waals surface area contributed by atoms with E-state index in [1.807, 2.05) is 32.0 Å². The molecule has 0 spiro atoms. The van der Waals surface area contributed by atoms with Gasteiger partial charge in [-0.1, -0.05) is 15.9 Å². The van der Waals surface area contributed by atoms with Crippen molar-refractivity contribution in [1.29, 1.82) is 0 Å². The molecule has 3 nitrogen and oxygen atoms in total. The minimum atomic E-state index is 0.0970.